The number of morpholine rings is 1. The number of nitrogens with one attached hydrogen (secondary N) is 1. The number of amides is 1. The summed E-state index contributed by atoms with van der Waals surface area (Å²) in [6, 6.07) is 11.7. The van der Waals surface area contributed by atoms with E-state index in [9.17, 15) is 13.2 Å². The first-order chi connectivity index (χ1) is 16.5. The molecule has 8 nitrogen and oxygen atoms in total. The van der Waals surface area contributed by atoms with E-state index < -0.39 is 10.0 Å². The Labute approximate surface area is 200 Å². The normalized spacial score (nSPS) is 18.9. The predicted octanol–water partition coefficient (Wildman–Crippen LogP) is 4.19. The monoisotopic (exact) mass is 486 g/mol. The lowest BCUT2D eigenvalue weighted by Gasteiger charge is -2.26. The quantitative estimate of drug-likeness (QED) is 0.562. The minimum atomic E-state index is -3.73. The second-order valence-corrected chi connectivity index (χ2v) is 10.1. The Morgan fingerprint density at radius 3 is 2.50 bits per heavy atom. The average molecular weight is 487 g/mol. The van der Waals surface area contributed by atoms with E-state index >= 15 is 0 Å². The molecule has 1 amide bonds. The molecule has 1 fully saturated rings. The second kappa shape index (κ2) is 11.0. The number of anilines is 1. The lowest BCUT2D eigenvalue weighted by Crippen LogP contribution is -2.40. The van der Waals surface area contributed by atoms with Gasteiger partial charge in [0.15, 0.2) is 5.75 Å². The number of carbonyl (C=O) groups excluding carboxylic acids is 1. The Morgan fingerprint density at radius 2 is 1.82 bits per heavy atom. The van der Waals surface area contributed by atoms with E-state index in [1.54, 1.807) is 30.3 Å². The van der Waals surface area contributed by atoms with Crippen molar-refractivity contribution in [3.05, 3.63) is 54.6 Å². The number of sulfonamides is 1. The number of benzene rings is 2. The molecule has 0 aromatic heterocycles. The highest BCUT2D eigenvalue weighted by molar-refractivity contribution is 7.89. The standard InChI is InChI=1S/C25H30N2O6S/c1-2-32-20-8-10-21(11-9-20)33-24-13-12-22(34(29,30)27-14-16-31-17-15-27)18-23(24)26-25(28)19-6-4-3-5-7-19/h3-4,8-13,18-19H,2,5-7,14-17H2,1H3,(H,26,28). The van der Waals surface area contributed by atoms with Crippen LogP contribution in [-0.4, -0.2) is 51.5 Å². The van der Waals surface area contributed by atoms with Gasteiger partial charge in [-0.3, -0.25) is 4.79 Å². The number of hydrogen-bond donors (Lipinski definition) is 1. The first kappa shape index (κ1) is 24.3. The van der Waals surface area contributed by atoms with E-state index in [2.05, 4.69) is 11.4 Å². The van der Waals surface area contributed by atoms with E-state index in [0.717, 1.165) is 18.6 Å². The summed E-state index contributed by atoms with van der Waals surface area (Å²) in [4.78, 5) is 13.1. The molecular weight excluding hydrogens is 456 g/mol. The van der Waals surface area contributed by atoms with Crippen molar-refractivity contribution in [3.63, 3.8) is 0 Å². The Kier molecular flexibility index (Phi) is 7.87. The lowest BCUT2D eigenvalue weighted by atomic mass is 9.93. The average Bonchev–Trinajstić information content (AvgIpc) is 2.87. The van der Waals surface area contributed by atoms with Gasteiger partial charge in [0.05, 0.1) is 30.4 Å². The molecule has 1 N–H and O–H groups in total. The molecule has 1 saturated heterocycles. The molecule has 1 aliphatic carbocycles. The molecule has 9 heteroatoms. The molecule has 0 saturated carbocycles. The highest BCUT2D eigenvalue weighted by Gasteiger charge is 2.28. The van der Waals surface area contributed by atoms with Gasteiger partial charge in [0.1, 0.15) is 11.5 Å². The lowest BCUT2D eigenvalue weighted by molar-refractivity contribution is -0.120. The molecule has 1 unspecified atom stereocenters. The number of hydrogen-bond acceptors (Lipinski definition) is 6. The van der Waals surface area contributed by atoms with Gasteiger partial charge in [0, 0.05) is 19.0 Å². The van der Waals surface area contributed by atoms with Crippen LogP contribution in [0.15, 0.2) is 59.5 Å². The van der Waals surface area contributed by atoms with Crippen molar-refractivity contribution in [1.29, 1.82) is 0 Å². The van der Waals surface area contributed by atoms with Gasteiger partial charge in [-0.2, -0.15) is 4.31 Å². The minimum absolute atomic E-state index is 0.104. The summed E-state index contributed by atoms with van der Waals surface area (Å²) in [5.74, 6) is 1.32. The maximum atomic E-state index is 13.2. The molecule has 182 valence electrons. The fourth-order valence-electron chi connectivity index (χ4n) is 3.96. The van der Waals surface area contributed by atoms with Crippen LogP contribution in [-0.2, 0) is 19.6 Å². The number of rotatable bonds is 8. The van der Waals surface area contributed by atoms with Crippen LogP contribution in [0.5, 0.6) is 17.2 Å². The van der Waals surface area contributed by atoms with Gasteiger partial charge in [-0.15, -0.1) is 0 Å². The molecule has 2 aromatic rings. The van der Waals surface area contributed by atoms with Gasteiger partial charge in [-0.05, 0) is 68.7 Å². The summed E-state index contributed by atoms with van der Waals surface area (Å²) < 4.78 is 44.6. The third kappa shape index (κ3) is 5.78. The van der Waals surface area contributed by atoms with Gasteiger partial charge in [0.25, 0.3) is 0 Å². The Balaban J connectivity index is 1.62. The molecule has 2 aromatic carbocycles. The molecule has 2 aliphatic rings. The fourth-order valence-corrected chi connectivity index (χ4v) is 5.39. The molecule has 34 heavy (non-hydrogen) atoms. The second-order valence-electron chi connectivity index (χ2n) is 8.15. The first-order valence-corrected chi connectivity index (χ1v) is 13.0. The summed E-state index contributed by atoms with van der Waals surface area (Å²) in [7, 11) is -3.73. The van der Waals surface area contributed by atoms with Gasteiger partial charge in [0.2, 0.25) is 15.9 Å². The summed E-state index contributed by atoms with van der Waals surface area (Å²) in [6.07, 6.45) is 6.33. The van der Waals surface area contributed by atoms with Crippen LogP contribution in [0.25, 0.3) is 0 Å². The molecule has 0 bridgehead atoms. The SMILES string of the molecule is CCOc1ccc(Oc2ccc(S(=O)(=O)N3CCOCC3)cc2NC(=O)C2CC=CCC2)cc1. The van der Waals surface area contributed by atoms with Crippen LogP contribution >= 0.6 is 0 Å². The zero-order chi connectivity index (χ0) is 24.0. The van der Waals surface area contributed by atoms with E-state index in [1.165, 1.54) is 16.4 Å². The van der Waals surface area contributed by atoms with Gasteiger partial charge >= 0.3 is 0 Å². The highest BCUT2D eigenvalue weighted by Crippen LogP contribution is 2.34. The van der Waals surface area contributed by atoms with Crippen molar-refractivity contribution in [2.45, 2.75) is 31.1 Å². The molecule has 0 spiro atoms. The van der Waals surface area contributed by atoms with E-state index in [1.807, 2.05) is 13.0 Å². The zero-order valence-corrected chi connectivity index (χ0v) is 20.1. The van der Waals surface area contributed by atoms with Crippen LogP contribution in [0.3, 0.4) is 0 Å². The van der Waals surface area contributed by atoms with Gasteiger partial charge < -0.3 is 19.5 Å². The molecular formula is C25H30N2O6S. The fraction of sp³-hybridized carbons (Fsp3) is 0.400. The number of ether oxygens (including phenoxy) is 3. The minimum Gasteiger partial charge on any atom is -0.494 e. The van der Waals surface area contributed by atoms with Crippen LogP contribution in [0, 0.1) is 5.92 Å². The summed E-state index contributed by atoms with van der Waals surface area (Å²) >= 11 is 0. The molecule has 4 rings (SSSR count). The van der Waals surface area contributed by atoms with E-state index in [4.69, 9.17) is 14.2 Å². The number of allylic oxidation sites excluding steroid dienone is 2. The van der Waals surface area contributed by atoms with Crippen LogP contribution in [0.2, 0.25) is 0 Å². The van der Waals surface area contributed by atoms with Gasteiger partial charge in [-0.1, -0.05) is 12.2 Å². The van der Waals surface area contributed by atoms with Crippen LogP contribution in [0.1, 0.15) is 26.2 Å². The van der Waals surface area contributed by atoms with Crippen molar-refractivity contribution in [2.75, 3.05) is 38.2 Å². The number of nitrogens with zero attached hydrogens (tertiary/aromatic N) is 1. The van der Waals surface area contributed by atoms with E-state index in [-0.39, 0.29) is 16.7 Å². The Bertz CT molecular complexity index is 1120. The first-order valence-electron chi connectivity index (χ1n) is 11.6. The van der Waals surface area contributed by atoms with Crippen molar-refractivity contribution < 1.29 is 27.4 Å². The van der Waals surface area contributed by atoms with Gasteiger partial charge in [-0.25, -0.2) is 8.42 Å². The topological polar surface area (TPSA) is 94.2 Å². The smallest absolute Gasteiger partial charge is 0.243 e. The number of carbonyl (C=O) groups is 1. The summed E-state index contributed by atoms with van der Waals surface area (Å²) in [6.45, 7) is 3.78. The van der Waals surface area contributed by atoms with E-state index in [0.29, 0.717) is 56.5 Å². The molecule has 1 aliphatic heterocycles. The maximum Gasteiger partial charge on any atom is 0.243 e. The molecule has 0 radical (unpaired) electrons. The van der Waals surface area contributed by atoms with Crippen molar-refractivity contribution >= 4 is 21.6 Å². The predicted molar refractivity (Wildman–Crippen MR) is 129 cm³/mol. The highest BCUT2D eigenvalue weighted by atomic mass is 32.2. The Hall–Kier alpha value is -2.88. The maximum absolute atomic E-state index is 13.2. The van der Waals surface area contributed by atoms with Crippen molar-refractivity contribution in [3.8, 4) is 17.2 Å². The molecule has 1 atom stereocenters. The van der Waals surface area contributed by atoms with Crippen LogP contribution < -0.4 is 14.8 Å². The zero-order valence-electron chi connectivity index (χ0n) is 19.2. The molecule has 1 heterocycles. The summed E-state index contributed by atoms with van der Waals surface area (Å²) in [5, 5.41) is 2.92. The van der Waals surface area contributed by atoms with Crippen molar-refractivity contribution in [1.82, 2.24) is 4.31 Å². The van der Waals surface area contributed by atoms with Crippen molar-refractivity contribution in [2.24, 2.45) is 5.92 Å². The third-order valence-electron chi connectivity index (χ3n) is 5.82. The summed E-state index contributed by atoms with van der Waals surface area (Å²) in [5.41, 5.74) is 0.322. The third-order valence-corrected chi connectivity index (χ3v) is 7.71. The Morgan fingerprint density at radius 1 is 1.09 bits per heavy atom. The van der Waals surface area contributed by atoms with Crippen LogP contribution in [0.4, 0.5) is 5.69 Å². The largest absolute Gasteiger partial charge is 0.494 e.